The van der Waals surface area contributed by atoms with Crippen LogP contribution in [0.15, 0.2) is 53.8 Å². The smallest absolute Gasteiger partial charge is 0.277 e. The molecule has 0 spiro atoms. The molecule has 0 fully saturated rings. The molecule has 0 saturated heterocycles. The van der Waals surface area contributed by atoms with E-state index >= 15 is 0 Å². The van der Waals surface area contributed by atoms with Crippen LogP contribution in [0.2, 0.25) is 0 Å². The van der Waals surface area contributed by atoms with Gasteiger partial charge in [-0.15, -0.1) is 0 Å². The quantitative estimate of drug-likeness (QED) is 0.519. The molecule has 5 heteroatoms. The highest BCUT2D eigenvalue weighted by molar-refractivity contribution is 5.99. The Morgan fingerprint density at radius 3 is 2.88 bits per heavy atom. The monoisotopic (exact) mass is 349 g/mol. The zero-order valence-electron chi connectivity index (χ0n) is 15.2. The number of benzene rings is 2. The van der Waals surface area contributed by atoms with Gasteiger partial charge < -0.3 is 9.72 Å². The van der Waals surface area contributed by atoms with Crippen LogP contribution in [0, 0.1) is 6.92 Å². The maximum atomic E-state index is 12.0. The number of H-pyrrole nitrogens is 1. The second kappa shape index (κ2) is 7.87. The van der Waals surface area contributed by atoms with E-state index in [9.17, 15) is 4.79 Å². The van der Waals surface area contributed by atoms with Crippen LogP contribution < -0.4 is 10.2 Å². The van der Waals surface area contributed by atoms with E-state index < -0.39 is 0 Å². The summed E-state index contributed by atoms with van der Waals surface area (Å²) in [4.78, 5) is 15.2. The molecule has 0 radical (unpaired) electrons. The Bertz CT molecular complexity index is 941. The number of hydrogen-bond donors (Lipinski definition) is 2. The molecule has 0 aliphatic heterocycles. The lowest BCUT2D eigenvalue weighted by molar-refractivity contribution is -0.123. The van der Waals surface area contributed by atoms with Gasteiger partial charge in [0, 0.05) is 22.7 Å². The summed E-state index contributed by atoms with van der Waals surface area (Å²) >= 11 is 0. The summed E-state index contributed by atoms with van der Waals surface area (Å²) in [7, 11) is 0. The molecule has 0 aliphatic rings. The van der Waals surface area contributed by atoms with Gasteiger partial charge in [-0.05, 0) is 36.1 Å². The van der Waals surface area contributed by atoms with Gasteiger partial charge in [-0.1, -0.05) is 44.2 Å². The number of fused-ring (bicyclic) bond motifs is 1. The highest BCUT2D eigenvalue weighted by atomic mass is 16.5. The zero-order chi connectivity index (χ0) is 18.5. The normalized spacial score (nSPS) is 11.4. The fourth-order valence-corrected chi connectivity index (χ4v) is 2.79. The summed E-state index contributed by atoms with van der Waals surface area (Å²) in [5.41, 5.74) is 6.65. The molecule has 2 N–H and O–H groups in total. The van der Waals surface area contributed by atoms with E-state index in [1.807, 2.05) is 55.6 Å². The maximum absolute atomic E-state index is 12.0. The molecule has 1 amide bonds. The largest absolute Gasteiger partial charge is 0.483 e. The predicted octanol–water partition coefficient (Wildman–Crippen LogP) is 4.13. The number of aromatic amines is 1. The molecule has 3 rings (SSSR count). The van der Waals surface area contributed by atoms with Crippen molar-refractivity contribution >= 4 is 23.0 Å². The first-order valence-corrected chi connectivity index (χ1v) is 8.66. The number of carbonyl (C=O) groups is 1. The number of rotatable bonds is 6. The summed E-state index contributed by atoms with van der Waals surface area (Å²) < 4.78 is 5.71. The van der Waals surface area contributed by atoms with Gasteiger partial charge in [0.25, 0.3) is 5.91 Å². The molecule has 0 atom stereocenters. The highest BCUT2D eigenvalue weighted by Gasteiger charge is 2.10. The van der Waals surface area contributed by atoms with Gasteiger partial charge in [0.1, 0.15) is 5.75 Å². The standard InChI is InChI=1S/C21H23N3O2/c1-14(2)17-9-8-15(3)10-20(17)26-13-21(25)24-23-12-16-11-22-19-7-5-4-6-18(16)19/h4-12,14,22H,13H2,1-3H3,(H,24,25)/b23-12+. The third kappa shape index (κ3) is 4.11. The molecule has 26 heavy (non-hydrogen) atoms. The van der Waals surface area contributed by atoms with Crippen molar-refractivity contribution in [3.05, 3.63) is 65.4 Å². The number of hydrazone groups is 1. The van der Waals surface area contributed by atoms with E-state index in [-0.39, 0.29) is 12.5 Å². The number of amides is 1. The molecule has 0 unspecified atom stereocenters. The van der Waals surface area contributed by atoms with E-state index in [4.69, 9.17) is 4.74 Å². The van der Waals surface area contributed by atoms with Crippen LogP contribution in [0.3, 0.4) is 0 Å². The zero-order valence-corrected chi connectivity index (χ0v) is 15.2. The Labute approximate surface area is 153 Å². The number of aromatic nitrogens is 1. The Morgan fingerprint density at radius 2 is 2.08 bits per heavy atom. The number of nitrogens with one attached hydrogen (secondary N) is 2. The first kappa shape index (κ1) is 17.7. The summed E-state index contributed by atoms with van der Waals surface area (Å²) in [6.07, 6.45) is 3.49. The van der Waals surface area contributed by atoms with Crippen molar-refractivity contribution in [3.8, 4) is 5.75 Å². The predicted molar refractivity (Wildman–Crippen MR) is 105 cm³/mol. The fourth-order valence-electron chi connectivity index (χ4n) is 2.79. The summed E-state index contributed by atoms with van der Waals surface area (Å²) in [6, 6.07) is 14.0. The molecule has 1 heterocycles. The Kier molecular flexibility index (Phi) is 5.37. The lowest BCUT2D eigenvalue weighted by Crippen LogP contribution is -2.25. The molecule has 134 valence electrons. The maximum Gasteiger partial charge on any atom is 0.277 e. The lowest BCUT2D eigenvalue weighted by Gasteiger charge is -2.14. The topological polar surface area (TPSA) is 66.5 Å². The fraction of sp³-hybridized carbons (Fsp3) is 0.238. The van der Waals surface area contributed by atoms with E-state index in [0.717, 1.165) is 33.3 Å². The van der Waals surface area contributed by atoms with Crippen molar-refractivity contribution in [1.29, 1.82) is 0 Å². The SMILES string of the molecule is Cc1ccc(C(C)C)c(OCC(=O)N/N=C/c2c[nH]c3ccccc23)c1. The molecule has 1 aromatic heterocycles. The van der Waals surface area contributed by atoms with Crippen LogP contribution in [-0.4, -0.2) is 23.7 Å². The number of nitrogens with zero attached hydrogens (tertiary/aromatic N) is 1. The van der Waals surface area contributed by atoms with Crippen LogP contribution in [0.5, 0.6) is 5.75 Å². The minimum Gasteiger partial charge on any atom is -0.483 e. The van der Waals surface area contributed by atoms with Crippen LogP contribution in [-0.2, 0) is 4.79 Å². The first-order valence-electron chi connectivity index (χ1n) is 8.66. The average molecular weight is 349 g/mol. The molecular weight excluding hydrogens is 326 g/mol. The summed E-state index contributed by atoms with van der Waals surface area (Å²) in [5, 5.41) is 5.09. The number of ether oxygens (including phenoxy) is 1. The van der Waals surface area contributed by atoms with Crippen LogP contribution in [0.25, 0.3) is 10.9 Å². The van der Waals surface area contributed by atoms with Gasteiger partial charge >= 0.3 is 0 Å². The Hall–Kier alpha value is -3.08. The summed E-state index contributed by atoms with van der Waals surface area (Å²) in [6.45, 7) is 6.13. The van der Waals surface area contributed by atoms with Crippen molar-refractivity contribution in [2.45, 2.75) is 26.7 Å². The minimum absolute atomic E-state index is 0.0750. The third-order valence-electron chi connectivity index (χ3n) is 4.16. The van der Waals surface area contributed by atoms with Crippen LogP contribution >= 0.6 is 0 Å². The molecule has 0 aliphatic carbocycles. The van der Waals surface area contributed by atoms with Crippen molar-refractivity contribution in [3.63, 3.8) is 0 Å². The second-order valence-corrected chi connectivity index (χ2v) is 6.57. The number of hydrogen-bond acceptors (Lipinski definition) is 3. The molecule has 2 aromatic carbocycles. The minimum atomic E-state index is -0.294. The van der Waals surface area contributed by atoms with Gasteiger partial charge in [-0.25, -0.2) is 5.43 Å². The van der Waals surface area contributed by atoms with Crippen molar-refractivity contribution in [1.82, 2.24) is 10.4 Å². The molecule has 0 saturated carbocycles. The first-order chi connectivity index (χ1) is 12.5. The van der Waals surface area contributed by atoms with Crippen molar-refractivity contribution < 1.29 is 9.53 Å². The highest BCUT2D eigenvalue weighted by Crippen LogP contribution is 2.27. The van der Waals surface area contributed by atoms with E-state index in [0.29, 0.717) is 5.92 Å². The van der Waals surface area contributed by atoms with Gasteiger partial charge in [-0.3, -0.25) is 4.79 Å². The van der Waals surface area contributed by atoms with Crippen LogP contribution in [0.4, 0.5) is 0 Å². The molecule has 5 nitrogen and oxygen atoms in total. The van der Waals surface area contributed by atoms with Crippen molar-refractivity contribution in [2.24, 2.45) is 5.10 Å². The molecular formula is C21H23N3O2. The number of carbonyl (C=O) groups excluding carboxylic acids is 1. The molecule has 0 bridgehead atoms. The van der Waals surface area contributed by atoms with Crippen molar-refractivity contribution in [2.75, 3.05) is 6.61 Å². The molecule has 3 aromatic rings. The summed E-state index contributed by atoms with van der Waals surface area (Å²) in [5.74, 6) is 0.779. The van der Waals surface area contributed by atoms with E-state index in [1.54, 1.807) is 6.21 Å². The van der Waals surface area contributed by atoms with Crippen LogP contribution in [0.1, 0.15) is 36.5 Å². The lowest BCUT2D eigenvalue weighted by atomic mass is 10.0. The van der Waals surface area contributed by atoms with Gasteiger partial charge in [0.2, 0.25) is 0 Å². The number of aryl methyl sites for hydroxylation is 1. The van der Waals surface area contributed by atoms with Gasteiger partial charge in [0.15, 0.2) is 6.61 Å². The van der Waals surface area contributed by atoms with Gasteiger partial charge in [0.05, 0.1) is 6.21 Å². The Balaban J connectivity index is 1.59. The number of para-hydroxylation sites is 1. The van der Waals surface area contributed by atoms with E-state index in [2.05, 4.69) is 29.4 Å². The third-order valence-corrected chi connectivity index (χ3v) is 4.16. The second-order valence-electron chi connectivity index (χ2n) is 6.57. The van der Waals surface area contributed by atoms with Gasteiger partial charge in [-0.2, -0.15) is 5.10 Å². The average Bonchev–Trinajstić information content (AvgIpc) is 3.03. The van der Waals surface area contributed by atoms with E-state index in [1.165, 1.54) is 0 Å². The Morgan fingerprint density at radius 1 is 1.27 bits per heavy atom.